The summed E-state index contributed by atoms with van der Waals surface area (Å²) in [4.78, 5) is 2.32. The molecule has 0 aromatic heterocycles. The van der Waals surface area contributed by atoms with Gasteiger partial charge in [-0.15, -0.1) is 0 Å². The van der Waals surface area contributed by atoms with Gasteiger partial charge < -0.3 is 4.90 Å². The van der Waals surface area contributed by atoms with Crippen LogP contribution < -0.4 is 4.72 Å². The van der Waals surface area contributed by atoms with Gasteiger partial charge in [-0.3, -0.25) is 0 Å². The number of hydrogen-bond donors (Lipinski definition) is 1. The van der Waals surface area contributed by atoms with Crippen molar-refractivity contribution in [2.24, 2.45) is 0 Å². The molecule has 0 heterocycles. The summed E-state index contributed by atoms with van der Waals surface area (Å²) in [7, 11) is 0.387. The van der Waals surface area contributed by atoms with E-state index in [2.05, 4.69) is 25.5 Å². The van der Waals surface area contributed by atoms with Crippen molar-refractivity contribution >= 4 is 10.0 Å². The highest BCUT2D eigenvalue weighted by atomic mass is 32.2. The maximum atomic E-state index is 12.4. The Morgan fingerprint density at radius 1 is 1.20 bits per heavy atom. The molecule has 4 nitrogen and oxygen atoms in total. The molecular weight excluding hydrogens is 272 g/mol. The highest BCUT2D eigenvalue weighted by Crippen LogP contribution is 2.26. The number of sulfonamides is 1. The monoisotopic (exact) mass is 298 g/mol. The Morgan fingerprint density at radius 3 is 2.30 bits per heavy atom. The Kier molecular flexibility index (Phi) is 5.35. The molecule has 0 fully saturated rings. The number of rotatable bonds is 5. The van der Waals surface area contributed by atoms with Crippen LogP contribution in [0.4, 0.5) is 0 Å². The third-order valence-corrected chi connectivity index (χ3v) is 4.80. The van der Waals surface area contributed by atoms with Crippen LogP contribution in [0, 0.1) is 6.92 Å². The van der Waals surface area contributed by atoms with E-state index in [4.69, 9.17) is 0 Å². The molecule has 0 amide bonds. The van der Waals surface area contributed by atoms with Crippen molar-refractivity contribution in [1.82, 2.24) is 9.62 Å². The lowest BCUT2D eigenvalue weighted by atomic mass is 9.87. The molecule has 0 saturated heterocycles. The summed E-state index contributed by atoms with van der Waals surface area (Å²) in [6.45, 7) is 9.15. The van der Waals surface area contributed by atoms with Crippen LogP contribution in [0.15, 0.2) is 23.1 Å². The molecule has 0 aliphatic carbocycles. The highest BCUT2D eigenvalue weighted by molar-refractivity contribution is 7.89. The quantitative estimate of drug-likeness (QED) is 0.906. The summed E-state index contributed by atoms with van der Waals surface area (Å²) < 4.78 is 27.4. The second kappa shape index (κ2) is 6.24. The molecule has 5 heteroatoms. The fourth-order valence-electron chi connectivity index (χ4n) is 1.84. The van der Waals surface area contributed by atoms with E-state index in [1.165, 1.54) is 0 Å². The van der Waals surface area contributed by atoms with Crippen LogP contribution in [-0.2, 0) is 15.4 Å². The molecule has 1 aromatic carbocycles. The van der Waals surface area contributed by atoms with Gasteiger partial charge in [0, 0.05) is 13.1 Å². The first-order valence-corrected chi connectivity index (χ1v) is 8.28. The summed E-state index contributed by atoms with van der Waals surface area (Å²) in [5, 5.41) is 0. The highest BCUT2D eigenvalue weighted by Gasteiger charge is 2.21. The molecule has 0 aliphatic rings. The first-order valence-electron chi connectivity index (χ1n) is 6.79. The number of nitrogens with one attached hydrogen (secondary N) is 1. The van der Waals surface area contributed by atoms with Crippen LogP contribution in [0.5, 0.6) is 0 Å². The third kappa shape index (κ3) is 4.58. The number of nitrogens with zero attached hydrogens (tertiary/aromatic N) is 1. The zero-order valence-electron chi connectivity index (χ0n) is 13.3. The minimum Gasteiger partial charge on any atom is -0.308 e. The second-order valence-corrected chi connectivity index (χ2v) is 8.17. The molecule has 1 N–H and O–H groups in total. The summed E-state index contributed by atoms with van der Waals surface area (Å²) >= 11 is 0. The first-order chi connectivity index (χ1) is 9.04. The molecule has 0 saturated carbocycles. The molecule has 0 aliphatic heterocycles. The average molecular weight is 298 g/mol. The number of aryl methyl sites for hydroxylation is 1. The van der Waals surface area contributed by atoms with Crippen LogP contribution in [0.3, 0.4) is 0 Å². The lowest BCUT2D eigenvalue weighted by Crippen LogP contribution is -2.32. The van der Waals surface area contributed by atoms with Crippen LogP contribution in [0.1, 0.15) is 31.9 Å². The van der Waals surface area contributed by atoms with Gasteiger partial charge >= 0.3 is 0 Å². The summed E-state index contributed by atoms with van der Waals surface area (Å²) in [5.41, 5.74) is 1.73. The maximum absolute atomic E-state index is 12.4. The average Bonchev–Trinajstić information content (AvgIpc) is 2.26. The molecule has 0 bridgehead atoms. The van der Waals surface area contributed by atoms with Crippen molar-refractivity contribution < 1.29 is 8.42 Å². The van der Waals surface area contributed by atoms with Gasteiger partial charge in [0.25, 0.3) is 0 Å². The SMILES string of the molecule is Cc1ccc(C(C)(C)C)cc1S(=O)(=O)NCCN(C)C. The van der Waals surface area contributed by atoms with E-state index in [9.17, 15) is 8.42 Å². The van der Waals surface area contributed by atoms with Gasteiger partial charge in [0.15, 0.2) is 0 Å². The van der Waals surface area contributed by atoms with Gasteiger partial charge in [0.05, 0.1) is 4.90 Å². The van der Waals surface area contributed by atoms with E-state index in [0.717, 1.165) is 11.1 Å². The van der Waals surface area contributed by atoms with Gasteiger partial charge in [-0.2, -0.15) is 0 Å². The van der Waals surface area contributed by atoms with Gasteiger partial charge in [-0.1, -0.05) is 32.9 Å². The zero-order chi connectivity index (χ0) is 15.6. The minimum absolute atomic E-state index is 0.0679. The normalized spacial score (nSPS) is 12.9. The van der Waals surface area contributed by atoms with Gasteiger partial charge in [-0.25, -0.2) is 13.1 Å². The third-order valence-electron chi connectivity index (χ3n) is 3.19. The minimum atomic E-state index is -3.45. The fraction of sp³-hybridized carbons (Fsp3) is 0.600. The lowest BCUT2D eigenvalue weighted by molar-refractivity contribution is 0.412. The molecule has 0 spiro atoms. The lowest BCUT2D eigenvalue weighted by Gasteiger charge is -2.21. The number of benzene rings is 1. The topological polar surface area (TPSA) is 49.4 Å². The predicted octanol–water partition coefficient (Wildman–Crippen LogP) is 2.13. The van der Waals surface area contributed by atoms with Crippen molar-refractivity contribution in [3.63, 3.8) is 0 Å². The van der Waals surface area contributed by atoms with Crippen molar-refractivity contribution in [1.29, 1.82) is 0 Å². The second-order valence-electron chi connectivity index (χ2n) is 6.43. The van der Waals surface area contributed by atoms with E-state index in [1.807, 2.05) is 38.1 Å². The molecule has 0 unspecified atom stereocenters. The smallest absolute Gasteiger partial charge is 0.240 e. The van der Waals surface area contributed by atoms with Crippen molar-refractivity contribution in [3.8, 4) is 0 Å². The standard InChI is InChI=1S/C15H26N2O2S/c1-12-7-8-13(15(2,3)4)11-14(12)20(18,19)16-9-10-17(5)6/h7-8,11,16H,9-10H2,1-6H3. The van der Waals surface area contributed by atoms with Crippen LogP contribution in [0.2, 0.25) is 0 Å². The molecule has 114 valence electrons. The number of likely N-dealkylation sites (N-methyl/N-ethyl adjacent to an activating group) is 1. The van der Waals surface area contributed by atoms with Gasteiger partial charge in [0.2, 0.25) is 10.0 Å². The summed E-state index contributed by atoms with van der Waals surface area (Å²) in [5.74, 6) is 0. The summed E-state index contributed by atoms with van der Waals surface area (Å²) in [6, 6.07) is 5.66. The van der Waals surface area contributed by atoms with Crippen LogP contribution in [0.25, 0.3) is 0 Å². The van der Waals surface area contributed by atoms with Crippen molar-refractivity contribution in [3.05, 3.63) is 29.3 Å². The van der Waals surface area contributed by atoms with E-state index < -0.39 is 10.0 Å². The van der Waals surface area contributed by atoms with Crippen LogP contribution >= 0.6 is 0 Å². The van der Waals surface area contributed by atoms with Crippen LogP contribution in [-0.4, -0.2) is 40.5 Å². The van der Waals surface area contributed by atoms with E-state index >= 15 is 0 Å². The molecule has 0 atom stereocenters. The fourth-order valence-corrected chi connectivity index (χ4v) is 3.13. The predicted molar refractivity (Wildman–Crippen MR) is 83.6 cm³/mol. The molecule has 1 aromatic rings. The van der Waals surface area contributed by atoms with Gasteiger partial charge in [-0.05, 0) is 43.6 Å². The Morgan fingerprint density at radius 2 is 1.80 bits per heavy atom. The Bertz CT molecular complexity index is 558. The first kappa shape index (κ1) is 17.1. The Hall–Kier alpha value is -0.910. The van der Waals surface area contributed by atoms with E-state index in [-0.39, 0.29) is 5.41 Å². The molecular formula is C15H26N2O2S. The Labute approximate surface area is 123 Å². The largest absolute Gasteiger partial charge is 0.308 e. The van der Waals surface area contributed by atoms with E-state index in [0.29, 0.717) is 18.0 Å². The molecule has 0 radical (unpaired) electrons. The zero-order valence-corrected chi connectivity index (χ0v) is 14.1. The summed E-state index contributed by atoms with van der Waals surface area (Å²) in [6.07, 6.45) is 0. The van der Waals surface area contributed by atoms with Crippen molar-refractivity contribution in [2.75, 3.05) is 27.2 Å². The van der Waals surface area contributed by atoms with Crippen molar-refractivity contribution in [2.45, 2.75) is 38.0 Å². The molecule has 20 heavy (non-hydrogen) atoms. The Balaban J connectivity index is 3.05. The number of hydrogen-bond acceptors (Lipinski definition) is 3. The van der Waals surface area contributed by atoms with E-state index in [1.54, 1.807) is 6.07 Å². The van der Waals surface area contributed by atoms with Gasteiger partial charge in [0.1, 0.15) is 0 Å². The molecule has 1 rings (SSSR count). The maximum Gasteiger partial charge on any atom is 0.240 e.